The average Bonchev–Trinajstić information content (AvgIpc) is 3.50. The van der Waals surface area contributed by atoms with Gasteiger partial charge in [0.25, 0.3) is 11.8 Å². The van der Waals surface area contributed by atoms with Gasteiger partial charge in [-0.25, -0.2) is 4.52 Å². The molecular formula is C26H26N6O4. The van der Waals surface area contributed by atoms with Crippen molar-refractivity contribution in [1.82, 2.24) is 29.5 Å². The number of pyridine rings is 1. The third-order valence-electron chi connectivity index (χ3n) is 7.23. The molecule has 0 unspecified atom stereocenters. The molecule has 6 rings (SSSR count). The number of fused-ring (bicyclic) bond motifs is 2. The number of amides is 3. The molecule has 0 bridgehead atoms. The molecule has 2 fully saturated rings. The summed E-state index contributed by atoms with van der Waals surface area (Å²) in [5.74, 6) is 0.997. The van der Waals surface area contributed by atoms with Gasteiger partial charge in [-0.1, -0.05) is 0 Å². The van der Waals surface area contributed by atoms with Crippen molar-refractivity contribution in [3.8, 4) is 11.5 Å². The number of ether oxygens (including phenoxy) is 1. The van der Waals surface area contributed by atoms with Crippen LogP contribution in [0.3, 0.4) is 0 Å². The third-order valence-corrected chi connectivity index (χ3v) is 7.23. The van der Waals surface area contributed by atoms with Crippen LogP contribution in [0.4, 0.5) is 0 Å². The first-order valence-electron chi connectivity index (χ1n) is 11.9. The van der Waals surface area contributed by atoms with Crippen LogP contribution >= 0.6 is 0 Å². The molecule has 36 heavy (non-hydrogen) atoms. The lowest BCUT2D eigenvalue weighted by molar-refractivity contribution is -0.120. The second kappa shape index (κ2) is 7.84. The first-order valence-corrected chi connectivity index (χ1v) is 11.9. The lowest BCUT2D eigenvalue weighted by Gasteiger charge is -2.47. The van der Waals surface area contributed by atoms with Gasteiger partial charge in [0.1, 0.15) is 17.0 Å². The number of aryl methyl sites for hydroxylation is 2. The summed E-state index contributed by atoms with van der Waals surface area (Å²) in [6.07, 6.45) is 6.45. The Morgan fingerprint density at radius 1 is 1.19 bits per heavy atom. The van der Waals surface area contributed by atoms with Crippen LogP contribution in [0.5, 0.6) is 11.5 Å². The number of hydrogen-bond donors (Lipinski definition) is 2. The SMILES string of the molecule is CNC(=O)c1c(C)cc2cc(Oc3ccnn4cc(C(=O)N5CC6(CCC(=O)N6)C5)c(C)c34)ccn12. The Morgan fingerprint density at radius 3 is 2.72 bits per heavy atom. The van der Waals surface area contributed by atoms with Crippen molar-refractivity contribution in [3.05, 3.63) is 65.2 Å². The van der Waals surface area contributed by atoms with Gasteiger partial charge in [-0.15, -0.1) is 0 Å². The molecule has 10 heteroatoms. The summed E-state index contributed by atoms with van der Waals surface area (Å²) < 4.78 is 9.74. The topological polar surface area (TPSA) is 109 Å². The zero-order valence-electron chi connectivity index (χ0n) is 20.3. The van der Waals surface area contributed by atoms with E-state index in [0.717, 1.165) is 23.1 Å². The second-order valence-electron chi connectivity index (χ2n) is 9.66. The van der Waals surface area contributed by atoms with Gasteiger partial charge in [0.2, 0.25) is 5.91 Å². The van der Waals surface area contributed by atoms with E-state index in [-0.39, 0.29) is 23.3 Å². The molecule has 2 aliphatic rings. The average molecular weight is 487 g/mol. The number of nitrogens with zero attached hydrogens (tertiary/aromatic N) is 4. The van der Waals surface area contributed by atoms with Gasteiger partial charge in [-0.05, 0) is 43.5 Å². The van der Waals surface area contributed by atoms with Gasteiger partial charge < -0.3 is 24.7 Å². The van der Waals surface area contributed by atoms with Crippen LogP contribution in [0.2, 0.25) is 0 Å². The maximum Gasteiger partial charge on any atom is 0.268 e. The fraction of sp³-hybridized carbons (Fsp3) is 0.308. The lowest BCUT2D eigenvalue weighted by atomic mass is 9.87. The van der Waals surface area contributed by atoms with Crippen LogP contribution in [0.1, 0.15) is 44.8 Å². The summed E-state index contributed by atoms with van der Waals surface area (Å²) in [7, 11) is 1.61. The fourth-order valence-corrected chi connectivity index (χ4v) is 5.42. The maximum atomic E-state index is 13.3. The zero-order valence-corrected chi connectivity index (χ0v) is 20.3. The molecule has 0 radical (unpaired) electrons. The van der Waals surface area contributed by atoms with Crippen molar-refractivity contribution >= 4 is 28.8 Å². The molecule has 0 aliphatic carbocycles. The van der Waals surface area contributed by atoms with E-state index in [4.69, 9.17) is 4.74 Å². The van der Waals surface area contributed by atoms with Gasteiger partial charge in [-0.3, -0.25) is 14.4 Å². The van der Waals surface area contributed by atoms with Gasteiger partial charge in [0, 0.05) is 56.6 Å². The predicted octanol–water partition coefficient (Wildman–Crippen LogP) is 2.46. The molecule has 0 saturated carbocycles. The van der Waals surface area contributed by atoms with Gasteiger partial charge in [0.15, 0.2) is 5.75 Å². The van der Waals surface area contributed by atoms with Crippen molar-refractivity contribution in [3.63, 3.8) is 0 Å². The molecule has 6 heterocycles. The van der Waals surface area contributed by atoms with E-state index in [1.54, 1.807) is 41.0 Å². The Kier molecular flexibility index (Phi) is 4.82. The van der Waals surface area contributed by atoms with Crippen molar-refractivity contribution in [2.75, 3.05) is 20.1 Å². The number of aromatic nitrogens is 3. The first-order chi connectivity index (χ1) is 17.3. The monoisotopic (exact) mass is 486 g/mol. The minimum atomic E-state index is -0.264. The highest BCUT2D eigenvalue weighted by Crippen LogP contribution is 2.35. The number of hydrogen-bond acceptors (Lipinski definition) is 5. The van der Waals surface area contributed by atoms with Gasteiger partial charge in [-0.2, -0.15) is 5.10 Å². The highest BCUT2D eigenvalue weighted by Gasteiger charge is 2.49. The normalized spacial score (nSPS) is 16.4. The van der Waals surface area contributed by atoms with Crippen LogP contribution in [0, 0.1) is 13.8 Å². The molecule has 4 aromatic heterocycles. The van der Waals surface area contributed by atoms with E-state index in [1.165, 1.54) is 0 Å². The smallest absolute Gasteiger partial charge is 0.268 e. The van der Waals surface area contributed by atoms with E-state index >= 15 is 0 Å². The van der Waals surface area contributed by atoms with Crippen molar-refractivity contribution in [2.45, 2.75) is 32.2 Å². The minimum Gasteiger partial charge on any atom is -0.455 e. The second-order valence-corrected chi connectivity index (χ2v) is 9.66. The van der Waals surface area contributed by atoms with Crippen LogP contribution < -0.4 is 15.4 Å². The molecule has 1 spiro atoms. The van der Waals surface area contributed by atoms with Crippen LogP contribution in [-0.2, 0) is 4.79 Å². The molecule has 4 aromatic rings. The Balaban J connectivity index is 1.29. The van der Waals surface area contributed by atoms with Crippen LogP contribution in [0.25, 0.3) is 11.0 Å². The molecule has 184 valence electrons. The molecule has 3 amide bonds. The summed E-state index contributed by atoms with van der Waals surface area (Å²) in [6.45, 7) is 4.83. The number of nitrogens with one attached hydrogen (secondary N) is 2. The van der Waals surface area contributed by atoms with E-state index < -0.39 is 0 Å². The molecule has 2 saturated heterocycles. The minimum absolute atomic E-state index is 0.0530. The molecule has 2 aliphatic heterocycles. The Hall–Kier alpha value is -4.34. The number of carbonyl (C=O) groups is 3. The number of rotatable bonds is 4. The van der Waals surface area contributed by atoms with E-state index in [0.29, 0.717) is 47.8 Å². The van der Waals surface area contributed by atoms with Crippen molar-refractivity contribution in [2.24, 2.45) is 0 Å². The third kappa shape index (κ3) is 3.32. The van der Waals surface area contributed by atoms with Crippen LogP contribution in [0.15, 0.2) is 42.9 Å². The van der Waals surface area contributed by atoms with Crippen molar-refractivity contribution in [1.29, 1.82) is 0 Å². The molecule has 0 atom stereocenters. The summed E-state index contributed by atoms with van der Waals surface area (Å²) in [6, 6.07) is 7.38. The predicted molar refractivity (Wildman–Crippen MR) is 132 cm³/mol. The first kappa shape index (κ1) is 22.1. The van der Waals surface area contributed by atoms with Gasteiger partial charge >= 0.3 is 0 Å². The standard InChI is InChI=1S/C26H26N6O4/c1-15-10-17-11-18(6-9-31(17)22(15)24(34)27-3)36-20-5-8-28-32-12-19(16(2)23(20)32)25(35)30-13-26(14-30)7-4-21(33)29-26/h5-6,8-12H,4,7,13-14H2,1-3H3,(H,27,34)(H,29,33). The van der Waals surface area contributed by atoms with E-state index in [1.807, 2.05) is 36.6 Å². The Bertz CT molecular complexity index is 1580. The summed E-state index contributed by atoms with van der Waals surface area (Å²) in [4.78, 5) is 38.9. The highest BCUT2D eigenvalue weighted by molar-refractivity contribution is 5.99. The Labute approximate surface area is 206 Å². The van der Waals surface area contributed by atoms with Crippen molar-refractivity contribution < 1.29 is 19.1 Å². The fourth-order valence-electron chi connectivity index (χ4n) is 5.42. The molecule has 2 N–H and O–H groups in total. The number of likely N-dealkylation sites (tertiary alicyclic amines) is 1. The molecular weight excluding hydrogens is 460 g/mol. The van der Waals surface area contributed by atoms with E-state index in [2.05, 4.69) is 15.7 Å². The molecule has 0 aromatic carbocycles. The largest absolute Gasteiger partial charge is 0.455 e. The van der Waals surface area contributed by atoms with Crippen LogP contribution in [-0.4, -0.2) is 62.3 Å². The highest BCUT2D eigenvalue weighted by atomic mass is 16.5. The number of carbonyl (C=O) groups excluding carboxylic acids is 3. The zero-order chi connectivity index (χ0) is 25.2. The summed E-state index contributed by atoms with van der Waals surface area (Å²) in [5, 5.41) is 10.1. The quantitative estimate of drug-likeness (QED) is 0.461. The van der Waals surface area contributed by atoms with Gasteiger partial charge in [0.05, 0.1) is 17.3 Å². The Morgan fingerprint density at radius 2 is 2.00 bits per heavy atom. The maximum absolute atomic E-state index is 13.3. The summed E-state index contributed by atoms with van der Waals surface area (Å²) in [5.41, 5.74) is 4.07. The lowest BCUT2D eigenvalue weighted by Crippen LogP contribution is -2.68. The van der Waals surface area contributed by atoms with E-state index in [9.17, 15) is 14.4 Å². The molecule has 10 nitrogen and oxygen atoms in total. The summed E-state index contributed by atoms with van der Waals surface area (Å²) >= 11 is 0.